The van der Waals surface area contributed by atoms with Crippen LogP contribution in [-0.4, -0.2) is 23.6 Å². The highest BCUT2D eigenvalue weighted by molar-refractivity contribution is 7.99. The molecule has 0 radical (unpaired) electrons. The zero-order valence-electron chi connectivity index (χ0n) is 10.9. The van der Waals surface area contributed by atoms with Crippen LogP contribution >= 0.6 is 11.8 Å². The van der Waals surface area contributed by atoms with Crippen LogP contribution < -0.4 is 5.32 Å². The first kappa shape index (κ1) is 12.8. The summed E-state index contributed by atoms with van der Waals surface area (Å²) in [5, 5.41) is 4.86. The van der Waals surface area contributed by atoms with Gasteiger partial charge < -0.3 is 5.32 Å². The Morgan fingerprint density at radius 3 is 1.81 bits per heavy atom. The zero-order chi connectivity index (χ0) is 11.4. The van der Waals surface area contributed by atoms with Crippen molar-refractivity contribution in [3.8, 4) is 0 Å². The maximum absolute atomic E-state index is 3.91. The summed E-state index contributed by atoms with van der Waals surface area (Å²) < 4.78 is 0. The van der Waals surface area contributed by atoms with Gasteiger partial charge in [0, 0.05) is 17.3 Å². The van der Waals surface area contributed by atoms with E-state index >= 15 is 0 Å². The molecule has 0 aromatic heterocycles. The van der Waals surface area contributed by atoms with E-state index in [0.717, 1.165) is 23.3 Å². The molecule has 2 aliphatic carbocycles. The maximum atomic E-state index is 3.91. The molecule has 16 heavy (non-hydrogen) atoms. The third-order valence-electron chi connectivity index (χ3n) is 4.49. The van der Waals surface area contributed by atoms with E-state index in [1.807, 2.05) is 0 Å². The van der Waals surface area contributed by atoms with Crippen LogP contribution in [0, 0.1) is 5.92 Å². The van der Waals surface area contributed by atoms with Crippen molar-refractivity contribution < 1.29 is 0 Å². The maximum Gasteiger partial charge on any atom is 0.00704 e. The number of hydrogen-bond acceptors (Lipinski definition) is 2. The third kappa shape index (κ3) is 3.66. The van der Waals surface area contributed by atoms with E-state index in [1.54, 1.807) is 0 Å². The predicted octanol–water partition coefficient (Wildman–Crippen LogP) is 3.83. The minimum atomic E-state index is 0.835. The van der Waals surface area contributed by atoms with Crippen molar-refractivity contribution in [1.82, 2.24) is 5.32 Å². The predicted molar refractivity (Wildman–Crippen MR) is 74.1 cm³/mol. The normalized spacial score (nSPS) is 40.9. The molecule has 0 amide bonds. The van der Waals surface area contributed by atoms with Gasteiger partial charge in [-0.05, 0) is 63.5 Å². The summed E-state index contributed by atoms with van der Waals surface area (Å²) in [7, 11) is 0. The van der Waals surface area contributed by atoms with Gasteiger partial charge in [0.1, 0.15) is 0 Å². The van der Waals surface area contributed by atoms with Gasteiger partial charge in [0.15, 0.2) is 0 Å². The molecule has 2 fully saturated rings. The van der Waals surface area contributed by atoms with Crippen LogP contribution in [0.4, 0.5) is 0 Å². The van der Waals surface area contributed by atoms with Gasteiger partial charge in [0.25, 0.3) is 0 Å². The summed E-state index contributed by atoms with van der Waals surface area (Å²) >= 11 is 2.07. The number of thioether (sulfide) groups is 1. The van der Waals surface area contributed by atoms with Gasteiger partial charge in [0.05, 0.1) is 0 Å². The Bertz CT molecular complexity index is 191. The molecule has 2 rings (SSSR count). The lowest BCUT2D eigenvalue weighted by Crippen LogP contribution is -2.42. The lowest BCUT2D eigenvalue weighted by molar-refractivity contribution is 0.262. The molecule has 94 valence electrons. The van der Waals surface area contributed by atoms with Gasteiger partial charge >= 0.3 is 0 Å². The van der Waals surface area contributed by atoms with E-state index < -0.39 is 0 Å². The van der Waals surface area contributed by atoms with Crippen LogP contribution in [-0.2, 0) is 0 Å². The Morgan fingerprint density at radius 1 is 0.812 bits per heavy atom. The van der Waals surface area contributed by atoms with E-state index in [9.17, 15) is 0 Å². The Balaban J connectivity index is 1.66. The highest BCUT2D eigenvalue weighted by Gasteiger charge is 2.24. The van der Waals surface area contributed by atoms with E-state index in [2.05, 4.69) is 30.3 Å². The SMILES string of the molecule is CSC1CCC(NC2CCC(C)CC2)CC1. The molecule has 0 spiro atoms. The number of nitrogens with one attached hydrogen (secondary N) is 1. The van der Waals surface area contributed by atoms with Gasteiger partial charge in [-0.25, -0.2) is 0 Å². The fourth-order valence-electron chi connectivity index (χ4n) is 3.23. The molecule has 0 aromatic rings. The summed E-state index contributed by atoms with van der Waals surface area (Å²) in [5.41, 5.74) is 0. The van der Waals surface area contributed by atoms with Crippen molar-refractivity contribution in [3.63, 3.8) is 0 Å². The average Bonchev–Trinajstić information content (AvgIpc) is 2.33. The highest BCUT2D eigenvalue weighted by Crippen LogP contribution is 2.29. The average molecular weight is 241 g/mol. The minimum Gasteiger partial charge on any atom is -0.311 e. The fraction of sp³-hybridized carbons (Fsp3) is 1.00. The molecule has 0 saturated heterocycles. The standard InChI is InChI=1S/C14H27NS/c1-11-3-5-12(6-4-11)15-13-7-9-14(16-2)10-8-13/h11-15H,3-10H2,1-2H3. The van der Waals surface area contributed by atoms with E-state index in [4.69, 9.17) is 0 Å². The Hall–Kier alpha value is 0.310. The first-order valence-electron chi connectivity index (χ1n) is 7.06. The minimum absolute atomic E-state index is 0.835. The topological polar surface area (TPSA) is 12.0 Å². The summed E-state index contributed by atoms with van der Waals surface area (Å²) in [5.74, 6) is 0.977. The first-order valence-corrected chi connectivity index (χ1v) is 8.35. The first-order chi connectivity index (χ1) is 7.78. The van der Waals surface area contributed by atoms with E-state index in [0.29, 0.717) is 0 Å². The second kappa shape index (κ2) is 6.30. The summed E-state index contributed by atoms with van der Waals surface area (Å²) in [4.78, 5) is 0. The van der Waals surface area contributed by atoms with Crippen LogP contribution in [0.2, 0.25) is 0 Å². The second-order valence-electron chi connectivity index (χ2n) is 5.83. The summed E-state index contributed by atoms with van der Waals surface area (Å²) in [6.45, 7) is 2.40. The molecule has 0 aliphatic heterocycles. The van der Waals surface area contributed by atoms with Gasteiger partial charge in [0.2, 0.25) is 0 Å². The van der Waals surface area contributed by atoms with Crippen molar-refractivity contribution in [2.75, 3.05) is 6.26 Å². The second-order valence-corrected chi connectivity index (χ2v) is 6.97. The molecule has 2 heteroatoms. The monoisotopic (exact) mass is 241 g/mol. The molecule has 0 atom stereocenters. The molecule has 1 N–H and O–H groups in total. The molecular formula is C14H27NS. The smallest absolute Gasteiger partial charge is 0.00704 e. The number of hydrogen-bond donors (Lipinski definition) is 1. The third-order valence-corrected chi connectivity index (χ3v) is 5.63. The van der Waals surface area contributed by atoms with Crippen molar-refractivity contribution in [1.29, 1.82) is 0 Å². The molecule has 1 nitrogen and oxygen atoms in total. The van der Waals surface area contributed by atoms with Crippen molar-refractivity contribution in [2.45, 2.75) is 75.6 Å². The van der Waals surface area contributed by atoms with Crippen molar-refractivity contribution >= 4 is 11.8 Å². The summed E-state index contributed by atoms with van der Waals surface area (Å²) in [6.07, 6.45) is 13.7. The van der Waals surface area contributed by atoms with E-state index in [1.165, 1.54) is 51.4 Å². The molecule has 0 unspecified atom stereocenters. The Labute approximate surface area is 105 Å². The van der Waals surface area contributed by atoms with Crippen LogP contribution in [0.3, 0.4) is 0 Å². The van der Waals surface area contributed by atoms with E-state index in [-0.39, 0.29) is 0 Å². The Morgan fingerprint density at radius 2 is 1.31 bits per heavy atom. The molecule has 2 saturated carbocycles. The van der Waals surface area contributed by atoms with Crippen LogP contribution in [0.5, 0.6) is 0 Å². The lowest BCUT2D eigenvalue weighted by atomic mass is 9.86. The van der Waals surface area contributed by atoms with Crippen molar-refractivity contribution in [3.05, 3.63) is 0 Å². The quantitative estimate of drug-likeness (QED) is 0.806. The lowest BCUT2D eigenvalue weighted by Gasteiger charge is -2.34. The Kier molecular flexibility index (Phi) is 5.02. The van der Waals surface area contributed by atoms with Crippen LogP contribution in [0.1, 0.15) is 58.3 Å². The highest BCUT2D eigenvalue weighted by atomic mass is 32.2. The molecule has 0 aromatic carbocycles. The van der Waals surface area contributed by atoms with Gasteiger partial charge in [-0.15, -0.1) is 0 Å². The van der Waals surface area contributed by atoms with Crippen molar-refractivity contribution in [2.24, 2.45) is 5.92 Å². The molecule has 2 aliphatic rings. The van der Waals surface area contributed by atoms with Gasteiger partial charge in [-0.1, -0.05) is 6.92 Å². The van der Waals surface area contributed by atoms with Crippen LogP contribution in [0.15, 0.2) is 0 Å². The molecule has 0 heterocycles. The molecule has 0 bridgehead atoms. The summed E-state index contributed by atoms with van der Waals surface area (Å²) in [6, 6.07) is 1.67. The van der Waals surface area contributed by atoms with Gasteiger partial charge in [-0.2, -0.15) is 11.8 Å². The molecular weight excluding hydrogens is 214 g/mol. The fourth-order valence-corrected chi connectivity index (χ4v) is 3.97. The van der Waals surface area contributed by atoms with Gasteiger partial charge in [-0.3, -0.25) is 0 Å². The number of rotatable bonds is 3. The van der Waals surface area contributed by atoms with Crippen LogP contribution in [0.25, 0.3) is 0 Å². The zero-order valence-corrected chi connectivity index (χ0v) is 11.7. The largest absolute Gasteiger partial charge is 0.311 e.